The highest BCUT2D eigenvalue weighted by atomic mass is 32.3. The van der Waals surface area contributed by atoms with Gasteiger partial charge >= 0.3 is 5.97 Å². The molecule has 0 fully saturated rings. The second-order valence-corrected chi connectivity index (χ2v) is 11.8. The number of aliphatic carboxylic acids is 1. The predicted octanol–water partition coefficient (Wildman–Crippen LogP) is 6.18. The Labute approximate surface area is 209 Å². The van der Waals surface area contributed by atoms with Gasteiger partial charge in [0, 0.05) is 37.8 Å². The summed E-state index contributed by atoms with van der Waals surface area (Å²) in [6, 6.07) is 13.9. The van der Waals surface area contributed by atoms with Crippen molar-refractivity contribution in [3.63, 3.8) is 0 Å². The molecule has 188 valence electrons. The monoisotopic (exact) mass is 507 g/mol. The summed E-state index contributed by atoms with van der Waals surface area (Å²) in [6.07, 6.45) is 3.59. The van der Waals surface area contributed by atoms with E-state index in [9.17, 15) is 13.9 Å². The number of hydrogen-bond donors (Lipinski definition) is 4. The number of nitrogens with one attached hydrogen (secondary N) is 1. The van der Waals surface area contributed by atoms with Crippen molar-refractivity contribution >= 4 is 45.6 Å². The first kappa shape index (κ1) is 26.7. The van der Waals surface area contributed by atoms with Crippen molar-refractivity contribution in [2.24, 2.45) is 0 Å². The van der Waals surface area contributed by atoms with Gasteiger partial charge in [0.25, 0.3) is 0 Å². The van der Waals surface area contributed by atoms with Gasteiger partial charge in [-0.1, -0.05) is 44.9 Å². The average molecular weight is 508 g/mol. The van der Waals surface area contributed by atoms with Gasteiger partial charge in [-0.25, -0.2) is 4.72 Å². The molecule has 1 aliphatic rings. The SMILES string of the molecule is CCCCC1(CC)CN(c2ccccc2)c2cc(N(C)C)c(CSCC(=O)O)cc2S(O)(O)N1. The van der Waals surface area contributed by atoms with Gasteiger partial charge in [-0.3, -0.25) is 13.9 Å². The third kappa shape index (κ3) is 6.01. The minimum Gasteiger partial charge on any atom is -0.481 e. The molecule has 9 heteroatoms. The van der Waals surface area contributed by atoms with Crippen LogP contribution in [0.1, 0.15) is 45.1 Å². The van der Waals surface area contributed by atoms with Gasteiger partial charge in [0.1, 0.15) is 0 Å². The van der Waals surface area contributed by atoms with Crippen LogP contribution in [0.5, 0.6) is 0 Å². The summed E-state index contributed by atoms with van der Waals surface area (Å²) in [4.78, 5) is 15.7. The fourth-order valence-corrected chi connectivity index (χ4v) is 6.96. The third-order valence-electron chi connectivity index (χ3n) is 6.30. The lowest BCUT2D eigenvalue weighted by molar-refractivity contribution is -0.133. The lowest BCUT2D eigenvalue weighted by atomic mass is 9.89. The highest BCUT2D eigenvalue weighted by Crippen LogP contribution is 2.56. The smallest absolute Gasteiger partial charge is 0.313 e. The number of hydrogen-bond acceptors (Lipinski definition) is 7. The lowest BCUT2D eigenvalue weighted by Crippen LogP contribution is -2.51. The number of anilines is 3. The van der Waals surface area contributed by atoms with Crippen LogP contribution < -0.4 is 14.5 Å². The maximum Gasteiger partial charge on any atom is 0.313 e. The summed E-state index contributed by atoms with van der Waals surface area (Å²) < 4.78 is 26.3. The molecule has 1 aliphatic heterocycles. The number of carbonyl (C=O) groups is 1. The molecule has 2 aromatic carbocycles. The molecular weight excluding hydrogens is 470 g/mol. The Morgan fingerprint density at radius 2 is 1.91 bits per heavy atom. The van der Waals surface area contributed by atoms with Crippen LogP contribution in [0.4, 0.5) is 17.1 Å². The second-order valence-electron chi connectivity index (χ2n) is 9.04. The molecule has 1 unspecified atom stereocenters. The van der Waals surface area contributed by atoms with Crippen LogP contribution in [0.3, 0.4) is 0 Å². The first-order chi connectivity index (χ1) is 16.1. The molecule has 0 spiro atoms. The quantitative estimate of drug-likeness (QED) is 0.303. The van der Waals surface area contributed by atoms with Crippen LogP contribution in [0.25, 0.3) is 0 Å². The van der Waals surface area contributed by atoms with E-state index in [1.165, 1.54) is 11.8 Å². The van der Waals surface area contributed by atoms with Gasteiger partial charge in [-0.15, -0.1) is 22.5 Å². The van der Waals surface area contributed by atoms with Gasteiger partial charge in [0.2, 0.25) is 0 Å². The first-order valence-corrected chi connectivity index (χ1v) is 14.4. The van der Waals surface area contributed by atoms with Crippen molar-refractivity contribution in [2.75, 3.05) is 36.2 Å². The predicted molar refractivity (Wildman–Crippen MR) is 145 cm³/mol. The van der Waals surface area contributed by atoms with Crippen LogP contribution in [0.2, 0.25) is 0 Å². The fraction of sp³-hybridized carbons (Fsp3) is 0.480. The Morgan fingerprint density at radius 1 is 1.21 bits per heavy atom. The summed E-state index contributed by atoms with van der Waals surface area (Å²) in [5.74, 6) is -0.413. The summed E-state index contributed by atoms with van der Waals surface area (Å²) in [6.45, 7) is 4.85. The highest BCUT2D eigenvalue weighted by Gasteiger charge is 2.41. The van der Waals surface area contributed by atoms with Gasteiger partial charge in [0.15, 0.2) is 0 Å². The Hall–Kier alpha value is -1.91. The van der Waals surface area contributed by atoms with Gasteiger partial charge in [0.05, 0.1) is 21.9 Å². The molecule has 0 bridgehead atoms. The van der Waals surface area contributed by atoms with Crippen LogP contribution in [0, 0.1) is 0 Å². The van der Waals surface area contributed by atoms with Gasteiger partial charge in [-0.05, 0) is 42.7 Å². The maximum absolute atomic E-state index is 11.5. The lowest BCUT2D eigenvalue weighted by Gasteiger charge is -2.42. The summed E-state index contributed by atoms with van der Waals surface area (Å²) in [7, 11) is 0.586. The van der Waals surface area contributed by atoms with Crippen molar-refractivity contribution in [3.8, 4) is 0 Å². The zero-order valence-electron chi connectivity index (χ0n) is 20.5. The number of thioether (sulfide) groups is 1. The minimum absolute atomic E-state index is 0.00937. The molecule has 1 heterocycles. The topological polar surface area (TPSA) is 96.3 Å². The van der Waals surface area contributed by atoms with Crippen molar-refractivity contribution < 1.29 is 19.0 Å². The summed E-state index contributed by atoms with van der Waals surface area (Å²) >= 11 is 1.30. The van der Waals surface area contributed by atoms with E-state index in [1.54, 1.807) is 0 Å². The molecule has 3 rings (SSSR count). The molecule has 0 aliphatic carbocycles. The van der Waals surface area contributed by atoms with E-state index < -0.39 is 22.3 Å². The standard InChI is InChI=1S/C25H37N3O4S2/c1-5-7-13-25(6-2)18-28(20-11-9-8-10-12-20)22-15-21(27(3)4)19(16-33-17-24(29)30)14-23(22)34(31,32)26-25/h8-12,14-15,26,31-32H,5-7,13,16-18H2,1-4H3,(H,29,30). The largest absolute Gasteiger partial charge is 0.481 e. The summed E-state index contributed by atoms with van der Waals surface area (Å²) in [5, 5.41) is 9.07. The van der Waals surface area contributed by atoms with E-state index in [-0.39, 0.29) is 5.75 Å². The molecule has 34 heavy (non-hydrogen) atoms. The molecule has 0 aromatic heterocycles. The number of fused-ring (bicyclic) bond motifs is 1. The van der Waals surface area contributed by atoms with Crippen molar-refractivity contribution in [3.05, 3.63) is 48.0 Å². The van der Waals surface area contributed by atoms with Gasteiger partial charge < -0.3 is 14.9 Å². The van der Waals surface area contributed by atoms with Crippen LogP contribution in [0.15, 0.2) is 47.4 Å². The van der Waals surface area contributed by atoms with Crippen LogP contribution in [-0.2, 0) is 10.5 Å². The molecule has 7 nitrogen and oxygen atoms in total. The molecule has 0 saturated heterocycles. The number of nitrogens with zero attached hydrogens (tertiary/aromatic N) is 2. The number of para-hydroxylation sites is 1. The maximum atomic E-state index is 11.5. The minimum atomic E-state index is -3.31. The zero-order chi connectivity index (χ0) is 24.9. The highest BCUT2D eigenvalue weighted by molar-refractivity contribution is 8.22. The van der Waals surface area contributed by atoms with Gasteiger partial charge in [-0.2, -0.15) is 0 Å². The van der Waals surface area contributed by atoms with Crippen LogP contribution in [-0.4, -0.2) is 52.1 Å². The molecule has 0 radical (unpaired) electrons. The molecule has 0 amide bonds. The molecule has 1 atom stereocenters. The van der Waals surface area contributed by atoms with Crippen molar-refractivity contribution in [1.29, 1.82) is 0 Å². The van der Waals surface area contributed by atoms with E-state index in [2.05, 4.69) is 23.5 Å². The van der Waals surface area contributed by atoms with E-state index in [0.29, 0.717) is 17.2 Å². The van der Waals surface area contributed by atoms with Crippen molar-refractivity contribution in [2.45, 2.75) is 55.7 Å². The molecule has 2 aromatic rings. The molecular formula is C25H37N3O4S2. The van der Waals surface area contributed by atoms with Crippen molar-refractivity contribution in [1.82, 2.24) is 4.72 Å². The van der Waals surface area contributed by atoms with Crippen LogP contribution >= 0.6 is 22.5 Å². The average Bonchev–Trinajstić information content (AvgIpc) is 2.90. The normalized spacial score (nSPS) is 20.4. The Balaban J connectivity index is 2.20. The zero-order valence-corrected chi connectivity index (χ0v) is 22.1. The Morgan fingerprint density at radius 3 is 2.50 bits per heavy atom. The number of unbranched alkanes of at least 4 members (excludes halogenated alkanes) is 1. The fourth-order valence-electron chi connectivity index (χ4n) is 4.44. The van der Waals surface area contributed by atoms with E-state index in [0.717, 1.165) is 48.3 Å². The second kappa shape index (κ2) is 11.2. The number of rotatable bonds is 10. The number of benzene rings is 2. The first-order valence-electron chi connectivity index (χ1n) is 11.7. The Bertz CT molecular complexity index is 988. The molecule has 0 saturated carbocycles. The number of carboxylic acid groups (broad SMARTS) is 1. The Kier molecular flexibility index (Phi) is 8.81. The van der Waals surface area contributed by atoms with E-state index in [1.807, 2.05) is 61.5 Å². The summed E-state index contributed by atoms with van der Waals surface area (Å²) in [5.41, 5.74) is 3.10. The number of carboxylic acids is 1. The molecule has 4 N–H and O–H groups in total. The van der Waals surface area contributed by atoms with E-state index >= 15 is 0 Å². The van der Waals surface area contributed by atoms with E-state index in [4.69, 9.17) is 5.11 Å². The third-order valence-corrected chi connectivity index (χ3v) is 8.92.